The maximum absolute atomic E-state index is 13.1. The van der Waals surface area contributed by atoms with Gasteiger partial charge in [0.15, 0.2) is 17.0 Å². The van der Waals surface area contributed by atoms with Crippen molar-refractivity contribution in [2.75, 3.05) is 18.5 Å². The minimum absolute atomic E-state index is 0.0119. The number of carbonyl (C=O) groups is 2. The first kappa shape index (κ1) is 29.9. The lowest BCUT2D eigenvalue weighted by Crippen LogP contribution is -2.25. The van der Waals surface area contributed by atoms with Crippen LogP contribution < -0.4 is 10.6 Å². The van der Waals surface area contributed by atoms with Crippen molar-refractivity contribution in [1.29, 1.82) is 0 Å². The van der Waals surface area contributed by atoms with E-state index in [9.17, 15) is 14.7 Å². The van der Waals surface area contributed by atoms with Gasteiger partial charge in [-0.25, -0.2) is 19.7 Å². The molecule has 2 amide bonds. The molecule has 0 saturated heterocycles. The van der Waals surface area contributed by atoms with Crippen molar-refractivity contribution in [3.63, 3.8) is 0 Å². The van der Waals surface area contributed by atoms with Crippen LogP contribution in [0.3, 0.4) is 0 Å². The number of aromatic nitrogens is 4. The first-order valence-electron chi connectivity index (χ1n) is 14.9. The minimum Gasteiger partial charge on any atom is -0.449 e. The van der Waals surface area contributed by atoms with E-state index in [1.807, 2.05) is 31.2 Å². The molecule has 3 aromatic carbocycles. The van der Waals surface area contributed by atoms with E-state index in [-0.39, 0.29) is 49.7 Å². The smallest absolute Gasteiger partial charge is 0.407 e. The van der Waals surface area contributed by atoms with Gasteiger partial charge in [-0.2, -0.15) is 0 Å². The zero-order chi connectivity index (χ0) is 31.3. The normalized spacial score (nSPS) is 13.6. The summed E-state index contributed by atoms with van der Waals surface area (Å²) in [6.45, 7) is 4.12. The molecule has 3 N–H and O–H groups in total. The summed E-state index contributed by atoms with van der Waals surface area (Å²) in [5.41, 5.74) is 6.82. The lowest BCUT2D eigenvalue weighted by molar-refractivity contribution is -0.0658. The van der Waals surface area contributed by atoms with Gasteiger partial charge in [0.25, 0.3) is 5.91 Å². The topological polar surface area (TPSA) is 140 Å². The molecule has 230 valence electrons. The molecule has 45 heavy (non-hydrogen) atoms. The van der Waals surface area contributed by atoms with Gasteiger partial charge in [0, 0.05) is 18.0 Å². The second-order valence-corrected chi connectivity index (χ2v) is 10.9. The van der Waals surface area contributed by atoms with Crippen molar-refractivity contribution in [3.8, 4) is 11.1 Å². The molecule has 0 radical (unpaired) electrons. The molecule has 5 aromatic rings. The SMILES string of the molecule is CC[C@@H](O[C@@H](C)CO)n1cnc2c(NC(=O)c3ccc(CNC(=O)OCC4c5ccccc5-c5ccccc54)cc3)ncnc21. The Balaban J connectivity index is 1.04. The lowest BCUT2D eigenvalue weighted by Gasteiger charge is -2.21. The largest absolute Gasteiger partial charge is 0.449 e. The van der Waals surface area contributed by atoms with Crippen LogP contribution in [0, 0.1) is 0 Å². The molecule has 2 aromatic heterocycles. The summed E-state index contributed by atoms with van der Waals surface area (Å²) >= 11 is 0. The second-order valence-electron chi connectivity index (χ2n) is 10.9. The molecule has 0 aliphatic heterocycles. The molecule has 2 heterocycles. The Morgan fingerprint density at radius 3 is 2.31 bits per heavy atom. The average molecular weight is 607 g/mol. The standard InChI is InChI=1S/C34H34N6O5/c1-3-29(45-21(2)17-41)40-20-38-30-31(36-19-37-32(30)40)39-33(42)23-14-12-22(13-15-23)16-35-34(43)44-18-28-26-10-6-4-8-24(26)25-9-5-7-11-27(25)28/h4-15,19-21,28-29,41H,3,16-18H2,1-2H3,(H,35,43)(H,36,37,39,42)/t21-,29+/m0/s1. The average Bonchev–Trinajstić information content (AvgIpc) is 3.65. The zero-order valence-corrected chi connectivity index (χ0v) is 25.0. The Hall–Kier alpha value is -5.13. The summed E-state index contributed by atoms with van der Waals surface area (Å²) in [7, 11) is 0. The molecule has 6 rings (SSSR count). The highest BCUT2D eigenvalue weighted by Crippen LogP contribution is 2.44. The molecule has 1 aliphatic rings. The van der Waals surface area contributed by atoms with E-state index in [2.05, 4.69) is 49.9 Å². The molecule has 0 spiro atoms. The Morgan fingerprint density at radius 1 is 0.956 bits per heavy atom. The number of ether oxygens (including phenoxy) is 2. The number of aliphatic hydroxyl groups excluding tert-OH is 1. The van der Waals surface area contributed by atoms with Gasteiger partial charge in [-0.3, -0.25) is 9.36 Å². The number of fused-ring (bicyclic) bond motifs is 4. The van der Waals surface area contributed by atoms with Gasteiger partial charge in [-0.1, -0.05) is 67.6 Å². The van der Waals surface area contributed by atoms with Gasteiger partial charge in [0.05, 0.1) is 19.0 Å². The Morgan fingerprint density at radius 2 is 1.64 bits per heavy atom. The predicted molar refractivity (Wildman–Crippen MR) is 169 cm³/mol. The number of rotatable bonds is 11. The molecular weight excluding hydrogens is 572 g/mol. The molecule has 11 heteroatoms. The lowest BCUT2D eigenvalue weighted by atomic mass is 9.98. The molecular formula is C34H34N6O5. The fraction of sp³-hybridized carbons (Fsp3) is 0.265. The van der Waals surface area contributed by atoms with Crippen molar-refractivity contribution < 1.29 is 24.2 Å². The number of nitrogens with zero attached hydrogens (tertiary/aromatic N) is 4. The molecule has 0 saturated carbocycles. The van der Waals surface area contributed by atoms with Gasteiger partial charge < -0.3 is 25.2 Å². The number of amides is 2. The van der Waals surface area contributed by atoms with Crippen LogP contribution in [-0.2, 0) is 16.0 Å². The number of nitrogens with one attached hydrogen (secondary N) is 2. The van der Waals surface area contributed by atoms with E-state index in [1.165, 1.54) is 17.5 Å². The maximum Gasteiger partial charge on any atom is 0.407 e. The maximum atomic E-state index is 13.1. The first-order valence-corrected chi connectivity index (χ1v) is 14.9. The summed E-state index contributed by atoms with van der Waals surface area (Å²) in [6, 6.07) is 23.3. The van der Waals surface area contributed by atoms with Crippen molar-refractivity contribution in [2.45, 2.75) is 45.1 Å². The minimum atomic E-state index is -0.507. The Labute approximate surface area is 260 Å². The van der Waals surface area contributed by atoms with E-state index in [0.29, 0.717) is 23.1 Å². The summed E-state index contributed by atoms with van der Waals surface area (Å²) in [4.78, 5) is 38.6. The highest BCUT2D eigenvalue weighted by atomic mass is 16.5. The number of imidazole rings is 1. The van der Waals surface area contributed by atoms with Crippen LogP contribution in [0.25, 0.3) is 22.3 Å². The monoisotopic (exact) mass is 606 g/mol. The molecule has 11 nitrogen and oxygen atoms in total. The second kappa shape index (κ2) is 13.2. The predicted octanol–water partition coefficient (Wildman–Crippen LogP) is 5.42. The zero-order valence-electron chi connectivity index (χ0n) is 25.0. The van der Waals surface area contributed by atoms with Crippen LogP contribution in [0.1, 0.15) is 59.5 Å². The highest BCUT2D eigenvalue weighted by molar-refractivity contribution is 6.06. The van der Waals surface area contributed by atoms with Crippen molar-refractivity contribution in [2.24, 2.45) is 0 Å². The van der Waals surface area contributed by atoms with E-state index in [0.717, 1.165) is 16.7 Å². The van der Waals surface area contributed by atoms with Gasteiger partial charge in [0.1, 0.15) is 19.2 Å². The van der Waals surface area contributed by atoms with Crippen LogP contribution in [-0.4, -0.2) is 55.9 Å². The highest BCUT2D eigenvalue weighted by Gasteiger charge is 2.29. The Bertz CT molecular complexity index is 1780. The number of hydrogen-bond acceptors (Lipinski definition) is 8. The molecule has 0 fully saturated rings. The number of aliphatic hydroxyl groups is 1. The summed E-state index contributed by atoms with van der Waals surface area (Å²) in [5, 5.41) is 15.0. The Kier molecular flexibility index (Phi) is 8.81. The van der Waals surface area contributed by atoms with Crippen LogP contribution in [0.15, 0.2) is 85.5 Å². The van der Waals surface area contributed by atoms with E-state index in [4.69, 9.17) is 9.47 Å². The van der Waals surface area contributed by atoms with Crippen molar-refractivity contribution in [3.05, 3.63) is 108 Å². The number of hydrogen-bond donors (Lipinski definition) is 3. The van der Waals surface area contributed by atoms with Crippen LogP contribution in [0.2, 0.25) is 0 Å². The van der Waals surface area contributed by atoms with E-state index in [1.54, 1.807) is 42.1 Å². The number of anilines is 1. The number of carbonyl (C=O) groups excluding carboxylic acids is 2. The van der Waals surface area contributed by atoms with Gasteiger partial charge in [0.2, 0.25) is 0 Å². The number of benzene rings is 3. The number of alkyl carbamates (subject to hydrolysis) is 1. The molecule has 1 aliphatic carbocycles. The summed E-state index contributed by atoms with van der Waals surface area (Å²) in [5.74, 6) is -0.102. The summed E-state index contributed by atoms with van der Waals surface area (Å²) < 4.78 is 13.3. The fourth-order valence-electron chi connectivity index (χ4n) is 5.60. The third kappa shape index (κ3) is 6.26. The molecule has 2 atom stereocenters. The van der Waals surface area contributed by atoms with Gasteiger partial charge >= 0.3 is 6.09 Å². The summed E-state index contributed by atoms with van der Waals surface area (Å²) in [6.07, 6.45) is 2.33. The van der Waals surface area contributed by atoms with E-state index < -0.39 is 6.09 Å². The first-order chi connectivity index (χ1) is 22.0. The molecule has 0 unspecified atom stereocenters. The molecule has 0 bridgehead atoms. The quantitative estimate of drug-likeness (QED) is 0.181. The van der Waals surface area contributed by atoms with Crippen LogP contribution >= 0.6 is 0 Å². The van der Waals surface area contributed by atoms with Crippen molar-refractivity contribution >= 4 is 29.0 Å². The van der Waals surface area contributed by atoms with Crippen molar-refractivity contribution in [1.82, 2.24) is 24.8 Å². The van der Waals surface area contributed by atoms with E-state index >= 15 is 0 Å². The van der Waals surface area contributed by atoms with Crippen LogP contribution in [0.4, 0.5) is 10.6 Å². The van der Waals surface area contributed by atoms with Gasteiger partial charge in [-0.15, -0.1) is 0 Å². The van der Waals surface area contributed by atoms with Crippen LogP contribution in [0.5, 0.6) is 0 Å². The fourth-order valence-corrected chi connectivity index (χ4v) is 5.60. The third-order valence-electron chi connectivity index (χ3n) is 7.89. The third-order valence-corrected chi connectivity index (χ3v) is 7.89. The van der Waals surface area contributed by atoms with Gasteiger partial charge in [-0.05, 0) is 53.3 Å².